The molecule has 1 unspecified atom stereocenters. The van der Waals surface area contributed by atoms with Gasteiger partial charge in [0.1, 0.15) is 5.82 Å². The topological polar surface area (TPSA) is 67.9 Å². The lowest BCUT2D eigenvalue weighted by molar-refractivity contribution is -0.141. The molecule has 0 saturated heterocycles. The Morgan fingerprint density at radius 3 is 2.74 bits per heavy atom. The Morgan fingerprint density at radius 1 is 1.42 bits per heavy atom. The third-order valence-corrected chi connectivity index (χ3v) is 3.58. The first-order valence-electron chi connectivity index (χ1n) is 5.85. The van der Waals surface area contributed by atoms with Crippen molar-refractivity contribution in [2.45, 2.75) is 18.0 Å². The van der Waals surface area contributed by atoms with Gasteiger partial charge in [-0.05, 0) is 12.5 Å². The lowest BCUT2D eigenvalue weighted by Crippen LogP contribution is -2.16. The molecule has 1 aromatic heterocycles. The van der Waals surface area contributed by atoms with Crippen LogP contribution in [0.2, 0.25) is 0 Å². The smallest absolute Gasteiger partial charge is 0.313 e. The number of thioether (sulfide) groups is 1. The Bertz CT molecular complexity index is 542. The van der Waals surface area contributed by atoms with Crippen molar-refractivity contribution in [3.63, 3.8) is 0 Å². The summed E-state index contributed by atoms with van der Waals surface area (Å²) in [4.78, 5) is 16.1. The summed E-state index contributed by atoms with van der Waals surface area (Å²) in [7, 11) is 1.40. The van der Waals surface area contributed by atoms with Crippen LogP contribution in [0.1, 0.15) is 17.3 Å². The zero-order chi connectivity index (χ0) is 13.7. The number of nitrogens with zero attached hydrogens (tertiary/aromatic N) is 2. The lowest BCUT2D eigenvalue weighted by Gasteiger charge is -2.13. The molecule has 0 aliphatic heterocycles. The van der Waals surface area contributed by atoms with Gasteiger partial charge in [-0.2, -0.15) is 0 Å². The van der Waals surface area contributed by atoms with Crippen LogP contribution in [0.5, 0.6) is 0 Å². The van der Waals surface area contributed by atoms with Gasteiger partial charge < -0.3 is 4.74 Å². The first-order valence-corrected chi connectivity index (χ1v) is 6.84. The zero-order valence-electron chi connectivity index (χ0n) is 10.8. The molecule has 2 aromatic rings. The van der Waals surface area contributed by atoms with Gasteiger partial charge in [-0.3, -0.25) is 9.89 Å². The number of carbonyl (C=O) groups is 1. The highest BCUT2D eigenvalue weighted by atomic mass is 32.2. The van der Waals surface area contributed by atoms with E-state index in [4.69, 9.17) is 4.74 Å². The lowest BCUT2D eigenvalue weighted by atomic mass is 10.0. The fourth-order valence-corrected chi connectivity index (χ4v) is 2.63. The van der Waals surface area contributed by atoms with Crippen LogP contribution in [0.4, 0.5) is 0 Å². The van der Waals surface area contributed by atoms with Crippen LogP contribution in [0.15, 0.2) is 35.5 Å². The van der Waals surface area contributed by atoms with Crippen molar-refractivity contribution >= 4 is 17.7 Å². The van der Waals surface area contributed by atoms with E-state index < -0.39 is 0 Å². The van der Waals surface area contributed by atoms with Gasteiger partial charge in [-0.25, -0.2) is 4.98 Å². The number of hydrogen-bond donors (Lipinski definition) is 1. The summed E-state index contributed by atoms with van der Waals surface area (Å²) < 4.78 is 4.86. The van der Waals surface area contributed by atoms with E-state index in [0.717, 1.165) is 11.4 Å². The summed E-state index contributed by atoms with van der Waals surface area (Å²) in [5.74, 6) is 0.756. The van der Waals surface area contributed by atoms with Crippen LogP contribution in [0.25, 0.3) is 0 Å². The molecule has 0 radical (unpaired) electrons. The second kappa shape index (κ2) is 6.38. The van der Waals surface area contributed by atoms with Crippen molar-refractivity contribution in [2.24, 2.45) is 0 Å². The number of H-pyrrole nitrogens is 1. The van der Waals surface area contributed by atoms with E-state index in [1.165, 1.54) is 18.9 Å². The number of carbonyl (C=O) groups excluding carboxylic acids is 1. The summed E-state index contributed by atoms with van der Waals surface area (Å²) in [6.07, 6.45) is 0. The molecule has 0 bridgehead atoms. The standard InChI is InChI=1S/C13H15N3O2S/c1-9-14-13(16-15-9)19-8-11(12(17)18-2)10-6-4-3-5-7-10/h3-7,11H,8H2,1-2H3,(H,14,15,16). The van der Waals surface area contributed by atoms with Gasteiger partial charge in [0.2, 0.25) is 5.16 Å². The van der Waals surface area contributed by atoms with Crippen LogP contribution >= 0.6 is 11.8 Å². The Hall–Kier alpha value is -1.82. The minimum atomic E-state index is -0.310. The van der Waals surface area contributed by atoms with Crippen LogP contribution < -0.4 is 0 Å². The summed E-state index contributed by atoms with van der Waals surface area (Å²) in [6, 6.07) is 9.58. The Labute approximate surface area is 115 Å². The number of rotatable bonds is 5. The maximum Gasteiger partial charge on any atom is 0.313 e. The number of esters is 1. The minimum Gasteiger partial charge on any atom is -0.469 e. The van der Waals surface area contributed by atoms with Gasteiger partial charge in [-0.1, -0.05) is 42.1 Å². The maximum absolute atomic E-state index is 11.9. The second-order valence-corrected chi connectivity index (χ2v) is 4.99. The predicted molar refractivity (Wildman–Crippen MR) is 73.0 cm³/mol. The van der Waals surface area contributed by atoms with E-state index in [2.05, 4.69) is 15.2 Å². The average Bonchev–Trinajstić information content (AvgIpc) is 2.85. The number of ether oxygens (including phenoxy) is 1. The molecule has 0 saturated carbocycles. The average molecular weight is 277 g/mol. The molecule has 1 heterocycles. The third-order valence-electron chi connectivity index (χ3n) is 2.64. The van der Waals surface area contributed by atoms with Crippen LogP contribution in [0, 0.1) is 6.92 Å². The van der Waals surface area contributed by atoms with Crippen molar-refractivity contribution in [3.05, 3.63) is 41.7 Å². The molecule has 19 heavy (non-hydrogen) atoms. The molecular weight excluding hydrogens is 262 g/mol. The summed E-state index contributed by atoms with van der Waals surface area (Å²) in [5, 5.41) is 7.46. The zero-order valence-corrected chi connectivity index (χ0v) is 11.6. The van der Waals surface area contributed by atoms with Crippen molar-refractivity contribution in [2.75, 3.05) is 12.9 Å². The molecular formula is C13H15N3O2S. The van der Waals surface area contributed by atoms with Crippen LogP contribution in [-0.2, 0) is 9.53 Å². The molecule has 0 aliphatic carbocycles. The van der Waals surface area contributed by atoms with Crippen molar-refractivity contribution < 1.29 is 9.53 Å². The van der Waals surface area contributed by atoms with Crippen molar-refractivity contribution in [1.29, 1.82) is 0 Å². The van der Waals surface area contributed by atoms with E-state index in [0.29, 0.717) is 10.9 Å². The Morgan fingerprint density at radius 2 is 2.16 bits per heavy atom. The predicted octanol–water partition coefficient (Wildman–Crippen LogP) is 2.16. The largest absolute Gasteiger partial charge is 0.469 e. The molecule has 0 spiro atoms. The first kappa shape index (κ1) is 13.6. The fraction of sp³-hybridized carbons (Fsp3) is 0.308. The molecule has 6 heteroatoms. The molecule has 100 valence electrons. The van der Waals surface area contributed by atoms with Gasteiger partial charge >= 0.3 is 5.97 Å². The fourth-order valence-electron chi connectivity index (χ4n) is 1.67. The third kappa shape index (κ3) is 3.57. The van der Waals surface area contributed by atoms with E-state index in [1.54, 1.807) is 0 Å². The quantitative estimate of drug-likeness (QED) is 0.670. The van der Waals surface area contributed by atoms with Gasteiger partial charge in [0.05, 0.1) is 13.0 Å². The maximum atomic E-state index is 11.9. The SMILES string of the molecule is COC(=O)C(CSc1n[nH]c(C)n1)c1ccccc1. The van der Waals surface area contributed by atoms with Crippen LogP contribution in [-0.4, -0.2) is 34.0 Å². The molecule has 2 rings (SSSR count). The molecule has 0 aliphatic rings. The second-order valence-electron chi connectivity index (χ2n) is 4.00. The highest BCUT2D eigenvalue weighted by Crippen LogP contribution is 2.25. The number of aromatic amines is 1. The summed E-state index contributed by atoms with van der Waals surface area (Å²) >= 11 is 1.43. The van der Waals surface area contributed by atoms with Gasteiger partial charge in [0, 0.05) is 5.75 Å². The molecule has 1 N–H and O–H groups in total. The molecule has 5 nitrogen and oxygen atoms in total. The monoisotopic (exact) mass is 277 g/mol. The van der Waals surface area contributed by atoms with Gasteiger partial charge in [-0.15, -0.1) is 5.10 Å². The van der Waals surface area contributed by atoms with E-state index in [9.17, 15) is 4.79 Å². The number of benzene rings is 1. The normalized spacial score (nSPS) is 12.1. The Balaban J connectivity index is 2.09. The van der Waals surface area contributed by atoms with E-state index >= 15 is 0 Å². The minimum absolute atomic E-state index is 0.244. The molecule has 1 atom stereocenters. The molecule has 0 amide bonds. The highest BCUT2D eigenvalue weighted by molar-refractivity contribution is 7.99. The Kier molecular flexibility index (Phi) is 4.57. The van der Waals surface area contributed by atoms with Crippen molar-refractivity contribution in [3.8, 4) is 0 Å². The van der Waals surface area contributed by atoms with Crippen molar-refractivity contribution in [1.82, 2.24) is 15.2 Å². The first-order chi connectivity index (χ1) is 9.20. The summed E-state index contributed by atoms with van der Waals surface area (Å²) in [6.45, 7) is 1.84. The number of nitrogens with one attached hydrogen (secondary N) is 1. The highest BCUT2D eigenvalue weighted by Gasteiger charge is 2.22. The molecule has 1 aromatic carbocycles. The van der Waals surface area contributed by atoms with Gasteiger partial charge in [0.25, 0.3) is 0 Å². The number of methoxy groups -OCH3 is 1. The van der Waals surface area contributed by atoms with E-state index in [1.807, 2.05) is 37.3 Å². The van der Waals surface area contributed by atoms with Crippen LogP contribution in [0.3, 0.4) is 0 Å². The number of aryl methyl sites for hydroxylation is 1. The number of aromatic nitrogens is 3. The van der Waals surface area contributed by atoms with E-state index in [-0.39, 0.29) is 11.9 Å². The summed E-state index contributed by atoms with van der Waals surface area (Å²) in [5.41, 5.74) is 0.939. The number of hydrogen-bond acceptors (Lipinski definition) is 5. The van der Waals surface area contributed by atoms with Gasteiger partial charge in [0.15, 0.2) is 0 Å². The molecule has 0 fully saturated rings.